The monoisotopic (exact) mass is 239 g/mol. The Morgan fingerprint density at radius 3 is 2.53 bits per heavy atom. The molecule has 0 bridgehead atoms. The molecule has 0 radical (unpaired) electrons. The van der Waals surface area contributed by atoms with E-state index in [-0.39, 0.29) is 23.7 Å². The Morgan fingerprint density at radius 2 is 1.94 bits per heavy atom. The van der Waals surface area contributed by atoms with Gasteiger partial charge in [0, 0.05) is 6.42 Å². The molecule has 2 rings (SSSR count). The highest BCUT2D eigenvalue weighted by Gasteiger charge is 2.43. The number of carbonyl (C=O) groups excluding carboxylic acids is 1. The molecule has 4 heteroatoms. The van der Waals surface area contributed by atoms with E-state index in [2.05, 4.69) is 0 Å². The van der Waals surface area contributed by atoms with Gasteiger partial charge in [0.15, 0.2) is 5.78 Å². The second-order valence-corrected chi connectivity index (χ2v) is 4.84. The first-order valence-electron chi connectivity index (χ1n) is 5.72. The molecule has 2 nitrogen and oxygen atoms in total. The quantitative estimate of drug-likeness (QED) is 0.818. The van der Waals surface area contributed by atoms with Gasteiger partial charge >= 0.3 is 0 Å². The van der Waals surface area contributed by atoms with Gasteiger partial charge in [0.05, 0.1) is 5.56 Å². The largest absolute Gasteiger partial charge is 0.315 e. The van der Waals surface area contributed by atoms with E-state index >= 15 is 0 Å². The second kappa shape index (κ2) is 4.18. The summed E-state index contributed by atoms with van der Waals surface area (Å²) in [6.45, 7) is 1.94. The highest BCUT2D eigenvalue weighted by atomic mass is 19.1. The number of halogens is 2. The van der Waals surface area contributed by atoms with Crippen molar-refractivity contribution in [2.75, 3.05) is 0 Å². The molecular formula is C13H15F2NO. The molecule has 1 saturated carbocycles. The number of carbonyl (C=O) groups is 1. The summed E-state index contributed by atoms with van der Waals surface area (Å²) in [5.41, 5.74) is 4.20. The Hall–Kier alpha value is -1.29. The first-order chi connectivity index (χ1) is 7.95. The van der Waals surface area contributed by atoms with Crippen molar-refractivity contribution in [3.8, 4) is 0 Å². The molecule has 0 aromatic heterocycles. The van der Waals surface area contributed by atoms with Gasteiger partial charge in [-0.2, -0.15) is 0 Å². The van der Waals surface area contributed by atoms with Crippen LogP contribution in [0.15, 0.2) is 18.2 Å². The van der Waals surface area contributed by atoms with Gasteiger partial charge in [0.25, 0.3) is 0 Å². The summed E-state index contributed by atoms with van der Waals surface area (Å²) in [6, 6.07) is 3.55. The molecule has 0 heterocycles. The Morgan fingerprint density at radius 1 is 1.35 bits per heavy atom. The van der Waals surface area contributed by atoms with E-state index in [0.717, 1.165) is 18.6 Å². The molecule has 1 unspecified atom stereocenters. The van der Waals surface area contributed by atoms with Crippen molar-refractivity contribution in [3.63, 3.8) is 0 Å². The summed E-state index contributed by atoms with van der Waals surface area (Å²) in [4.78, 5) is 11.9. The Labute approximate surface area is 98.8 Å². The van der Waals surface area contributed by atoms with Crippen molar-refractivity contribution in [1.29, 1.82) is 0 Å². The number of rotatable bonds is 1. The van der Waals surface area contributed by atoms with Crippen LogP contribution in [0.5, 0.6) is 0 Å². The highest BCUT2D eigenvalue weighted by molar-refractivity contribution is 5.90. The number of hydrogen-bond acceptors (Lipinski definition) is 2. The molecule has 0 aliphatic heterocycles. The zero-order valence-electron chi connectivity index (χ0n) is 9.67. The Bertz CT molecular complexity index is 440. The molecule has 1 aromatic carbocycles. The number of benzene rings is 1. The molecular weight excluding hydrogens is 224 g/mol. The standard InChI is InChI=1S/C13H15F2NO/c1-8-5-6-11(17)13(16,7-8)12-9(14)3-2-4-10(12)15/h2-4,8H,5-7,16H2,1H3/t8-,13?/m0/s1. The lowest BCUT2D eigenvalue weighted by molar-refractivity contribution is -0.127. The van der Waals surface area contributed by atoms with E-state index in [0.29, 0.717) is 6.42 Å². The van der Waals surface area contributed by atoms with Gasteiger partial charge in [-0.05, 0) is 30.9 Å². The zero-order chi connectivity index (χ0) is 12.6. The maximum Gasteiger partial charge on any atom is 0.157 e. The SMILES string of the molecule is C[C@H]1CCC(=O)C(N)(c2c(F)cccc2F)C1. The van der Waals surface area contributed by atoms with Crippen LogP contribution in [0.25, 0.3) is 0 Å². The first-order valence-corrected chi connectivity index (χ1v) is 5.72. The van der Waals surface area contributed by atoms with Crippen LogP contribution in [0.4, 0.5) is 8.78 Å². The summed E-state index contributed by atoms with van der Waals surface area (Å²) in [7, 11) is 0. The fourth-order valence-electron chi connectivity index (χ4n) is 2.53. The van der Waals surface area contributed by atoms with E-state index < -0.39 is 17.2 Å². The predicted molar refractivity (Wildman–Crippen MR) is 60.2 cm³/mol. The average Bonchev–Trinajstić information content (AvgIpc) is 2.23. The van der Waals surface area contributed by atoms with E-state index in [1.54, 1.807) is 0 Å². The normalized spacial score (nSPS) is 29.4. The van der Waals surface area contributed by atoms with Crippen molar-refractivity contribution < 1.29 is 13.6 Å². The van der Waals surface area contributed by atoms with Crippen molar-refractivity contribution in [1.82, 2.24) is 0 Å². The minimum Gasteiger partial charge on any atom is -0.315 e. The summed E-state index contributed by atoms with van der Waals surface area (Å²) in [5.74, 6) is -1.57. The van der Waals surface area contributed by atoms with Crippen LogP contribution in [0.3, 0.4) is 0 Å². The second-order valence-electron chi connectivity index (χ2n) is 4.84. The van der Waals surface area contributed by atoms with Crippen LogP contribution in [-0.2, 0) is 10.3 Å². The zero-order valence-corrected chi connectivity index (χ0v) is 9.67. The van der Waals surface area contributed by atoms with Crippen LogP contribution in [-0.4, -0.2) is 5.78 Å². The molecule has 92 valence electrons. The number of hydrogen-bond donors (Lipinski definition) is 1. The lowest BCUT2D eigenvalue weighted by Gasteiger charge is -2.35. The van der Waals surface area contributed by atoms with E-state index in [4.69, 9.17) is 5.73 Å². The summed E-state index contributed by atoms with van der Waals surface area (Å²) in [6.07, 6.45) is 1.31. The highest BCUT2D eigenvalue weighted by Crippen LogP contribution is 2.37. The van der Waals surface area contributed by atoms with Gasteiger partial charge in [-0.15, -0.1) is 0 Å². The Kier molecular flexibility index (Phi) is 3.00. The van der Waals surface area contributed by atoms with Gasteiger partial charge in [-0.25, -0.2) is 8.78 Å². The van der Waals surface area contributed by atoms with Crippen molar-refractivity contribution in [2.45, 2.75) is 31.7 Å². The smallest absolute Gasteiger partial charge is 0.157 e. The van der Waals surface area contributed by atoms with Crippen LogP contribution in [0.1, 0.15) is 31.7 Å². The van der Waals surface area contributed by atoms with Crippen molar-refractivity contribution in [2.24, 2.45) is 11.7 Å². The molecule has 1 aliphatic carbocycles. The van der Waals surface area contributed by atoms with Gasteiger partial charge < -0.3 is 5.73 Å². The number of ketones is 1. The first kappa shape index (κ1) is 12.2. The number of Topliss-reactive ketones (excluding diaryl/α,β-unsaturated/α-hetero) is 1. The maximum atomic E-state index is 13.7. The van der Waals surface area contributed by atoms with Gasteiger partial charge in [0.2, 0.25) is 0 Å². The summed E-state index contributed by atoms with van der Waals surface area (Å²) >= 11 is 0. The van der Waals surface area contributed by atoms with Crippen LogP contribution < -0.4 is 5.73 Å². The minimum absolute atomic E-state index is 0.191. The van der Waals surface area contributed by atoms with Crippen LogP contribution in [0.2, 0.25) is 0 Å². The summed E-state index contributed by atoms with van der Waals surface area (Å²) < 4.78 is 27.4. The fourth-order valence-corrected chi connectivity index (χ4v) is 2.53. The van der Waals surface area contributed by atoms with Crippen molar-refractivity contribution in [3.05, 3.63) is 35.4 Å². The van der Waals surface area contributed by atoms with Crippen molar-refractivity contribution >= 4 is 5.78 Å². The molecule has 0 saturated heterocycles. The van der Waals surface area contributed by atoms with Gasteiger partial charge in [-0.3, -0.25) is 4.79 Å². The third kappa shape index (κ3) is 1.97. The van der Waals surface area contributed by atoms with Crippen LogP contribution >= 0.6 is 0 Å². The third-order valence-electron chi connectivity index (χ3n) is 3.44. The van der Waals surface area contributed by atoms with E-state index in [1.807, 2.05) is 6.92 Å². The average molecular weight is 239 g/mol. The topological polar surface area (TPSA) is 43.1 Å². The predicted octanol–water partition coefficient (Wildman–Crippen LogP) is 2.51. The molecule has 1 aliphatic rings. The fraction of sp³-hybridized carbons (Fsp3) is 0.462. The van der Waals surface area contributed by atoms with E-state index in [1.165, 1.54) is 6.07 Å². The molecule has 1 aromatic rings. The molecule has 2 atom stereocenters. The lowest BCUT2D eigenvalue weighted by Crippen LogP contribution is -2.50. The molecule has 17 heavy (non-hydrogen) atoms. The molecule has 0 spiro atoms. The molecule has 0 amide bonds. The Balaban J connectivity index is 2.53. The third-order valence-corrected chi connectivity index (χ3v) is 3.44. The molecule has 2 N–H and O–H groups in total. The molecule has 1 fully saturated rings. The van der Waals surface area contributed by atoms with Gasteiger partial charge in [-0.1, -0.05) is 13.0 Å². The lowest BCUT2D eigenvalue weighted by atomic mass is 9.72. The summed E-state index contributed by atoms with van der Waals surface area (Å²) in [5, 5.41) is 0. The van der Waals surface area contributed by atoms with Crippen LogP contribution in [0, 0.1) is 17.6 Å². The number of nitrogens with two attached hydrogens (primary N) is 1. The van der Waals surface area contributed by atoms with E-state index in [9.17, 15) is 13.6 Å². The maximum absolute atomic E-state index is 13.7. The van der Waals surface area contributed by atoms with Gasteiger partial charge in [0.1, 0.15) is 17.2 Å². The minimum atomic E-state index is -1.51.